The molecule has 2 aromatic rings. The van der Waals surface area contributed by atoms with E-state index in [1.807, 2.05) is 6.07 Å². The highest BCUT2D eigenvalue weighted by atomic mass is 35.5. The van der Waals surface area contributed by atoms with Crippen molar-refractivity contribution in [3.63, 3.8) is 0 Å². The molecule has 0 bridgehead atoms. The van der Waals surface area contributed by atoms with Gasteiger partial charge in [0.15, 0.2) is 5.82 Å². The molecule has 5 nitrogen and oxygen atoms in total. The van der Waals surface area contributed by atoms with Gasteiger partial charge in [0.25, 0.3) is 10.0 Å². The van der Waals surface area contributed by atoms with Crippen LogP contribution in [0.3, 0.4) is 0 Å². The molecule has 0 radical (unpaired) electrons. The van der Waals surface area contributed by atoms with Crippen LogP contribution in [0.25, 0.3) is 0 Å². The van der Waals surface area contributed by atoms with Crippen molar-refractivity contribution >= 4 is 27.3 Å². The number of benzene rings is 1. The van der Waals surface area contributed by atoms with Gasteiger partial charge < -0.3 is 0 Å². The van der Waals surface area contributed by atoms with Crippen LogP contribution in [0.5, 0.6) is 0 Å². The van der Waals surface area contributed by atoms with Crippen molar-refractivity contribution in [2.45, 2.75) is 5.03 Å². The number of hydrogen-bond acceptors (Lipinski definition) is 4. The summed E-state index contributed by atoms with van der Waals surface area (Å²) in [5.41, 5.74) is 0.317. The third-order valence-electron chi connectivity index (χ3n) is 2.32. The number of anilines is 1. The van der Waals surface area contributed by atoms with Gasteiger partial charge in [-0.15, -0.1) is 0 Å². The van der Waals surface area contributed by atoms with Crippen molar-refractivity contribution in [2.24, 2.45) is 0 Å². The lowest BCUT2D eigenvalue weighted by molar-refractivity contribution is 0.557. The lowest BCUT2D eigenvalue weighted by Gasteiger charge is -2.08. The summed E-state index contributed by atoms with van der Waals surface area (Å²) in [7, 11) is -4.16. The Labute approximate surface area is 119 Å². The van der Waals surface area contributed by atoms with Crippen LogP contribution in [0.15, 0.2) is 41.6 Å². The van der Waals surface area contributed by atoms with Gasteiger partial charge >= 0.3 is 0 Å². The number of nitriles is 1. The molecule has 0 atom stereocenters. The topological polar surface area (TPSA) is 82.9 Å². The minimum Gasteiger partial charge on any atom is -0.278 e. The van der Waals surface area contributed by atoms with E-state index in [0.717, 1.165) is 6.07 Å². The molecule has 0 amide bonds. The number of aromatic nitrogens is 1. The highest BCUT2D eigenvalue weighted by molar-refractivity contribution is 7.92. The molecule has 0 aliphatic carbocycles. The molecule has 20 heavy (non-hydrogen) atoms. The Morgan fingerprint density at radius 2 is 2.10 bits per heavy atom. The third kappa shape index (κ3) is 2.87. The third-order valence-corrected chi connectivity index (χ3v) is 3.95. The second-order valence-electron chi connectivity index (χ2n) is 3.70. The van der Waals surface area contributed by atoms with E-state index < -0.39 is 20.9 Å². The summed E-state index contributed by atoms with van der Waals surface area (Å²) < 4.78 is 39.5. The molecule has 2 rings (SSSR count). The van der Waals surface area contributed by atoms with Gasteiger partial charge in [-0.1, -0.05) is 11.6 Å². The molecule has 0 spiro atoms. The SMILES string of the molecule is N#Cc1ccc(NS(=O)(=O)c2ncccc2F)cc1Cl. The summed E-state index contributed by atoms with van der Waals surface area (Å²) in [6, 6.07) is 8.09. The standard InChI is InChI=1S/C12H7ClFN3O2S/c13-10-6-9(4-3-8(10)7-15)17-20(18,19)12-11(14)2-1-5-16-12/h1-6,17H. The van der Waals surface area contributed by atoms with Crippen LogP contribution in [0.1, 0.15) is 5.56 Å². The van der Waals surface area contributed by atoms with E-state index in [-0.39, 0.29) is 16.3 Å². The Balaban J connectivity index is 2.37. The van der Waals surface area contributed by atoms with Gasteiger partial charge in [0.1, 0.15) is 6.07 Å². The van der Waals surface area contributed by atoms with Crippen molar-refractivity contribution in [2.75, 3.05) is 4.72 Å². The Morgan fingerprint density at radius 3 is 2.70 bits per heavy atom. The van der Waals surface area contributed by atoms with Crippen molar-refractivity contribution in [3.05, 3.63) is 52.9 Å². The van der Waals surface area contributed by atoms with Crippen LogP contribution in [-0.4, -0.2) is 13.4 Å². The van der Waals surface area contributed by atoms with Crippen molar-refractivity contribution in [1.29, 1.82) is 5.26 Å². The first-order chi connectivity index (χ1) is 9.44. The zero-order valence-corrected chi connectivity index (χ0v) is 11.4. The number of pyridine rings is 1. The average Bonchev–Trinajstić information content (AvgIpc) is 2.38. The van der Waals surface area contributed by atoms with Crippen LogP contribution < -0.4 is 4.72 Å². The van der Waals surface area contributed by atoms with Gasteiger partial charge in [-0.3, -0.25) is 4.72 Å². The number of nitrogens with one attached hydrogen (secondary N) is 1. The summed E-state index contributed by atoms with van der Waals surface area (Å²) in [5.74, 6) is -0.959. The fourth-order valence-corrected chi connectivity index (χ4v) is 2.72. The maximum Gasteiger partial charge on any atom is 0.282 e. The Bertz CT molecular complexity index is 803. The summed E-state index contributed by atoms with van der Waals surface area (Å²) in [4.78, 5) is 3.49. The van der Waals surface area contributed by atoms with E-state index >= 15 is 0 Å². The number of halogens is 2. The van der Waals surface area contributed by atoms with Crippen LogP contribution in [0.2, 0.25) is 5.02 Å². The highest BCUT2D eigenvalue weighted by Gasteiger charge is 2.20. The van der Waals surface area contributed by atoms with E-state index in [1.54, 1.807) is 0 Å². The minimum atomic E-state index is -4.16. The molecular weight excluding hydrogens is 305 g/mol. The smallest absolute Gasteiger partial charge is 0.278 e. The first-order valence-electron chi connectivity index (χ1n) is 5.27. The fourth-order valence-electron chi connectivity index (χ4n) is 1.44. The molecule has 0 fully saturated rings. The zero-order chi connectivity index (χ0) is 14.8. The monoisotopic (exact) mass is 311 g/mol. The molecular formula is C12H7ClFN3O2S. The predicted octanol–water partition coefficient (Wildman–Crippen LogP) is 2.55. The van der Waals surface area contributed by atoms with Gasteiger partial charge in [0.05, 0.1) is 16.3 Å². The van der Waals surface area contributed by atoms with Gasteiger partial charge in [-0.2, -0.15) is 13.7 Å². The van der Waals surface area contributed by atoms with E-state index in [4.69, 9.17) is 16.9 Å². The summed E-state index contributed by atoms with van der Waals surface area (Å²) in [5, 5.41) is 8.11. The first kappa shape index (κ1) is 14.2. The molecule has 1 aromatic carbocycles. The number of nitrogens with zero attached hydrogens (tertiary/aromatic N) is 2. The van der Waals surface area contributed by atoms with Crippen LogP contribution in [0, 0.1) is 17.1 Å². The largest absolute Gasteiger partial charge is 0.282 e. The van der Waals surface area contributed by atoms with E-state index in [9.17, 15) is 12.8 Å². The average molecular weight is 312 g/mol. The van der Waals surface area contributed by atoms with Gasteiger partial charge in [0.2, 0.25) is 5.03 Å². The molecule has 0 aliphatic rings. The van der Waals surface area contributed by atoms with Gasteiger partial charge in [-0.25, -0.2) is 9.37 Å². The van der Waals surface area contributed by atoms with Crippen molar-refractivity contribution in [3.8, 4) is 6.07 Å². The Hall–Kier alpha value is -2.17. The van der Waals surface area contributed by atoms with E-state index in [0.29, 0.717) is 0 Å². The first-order valence-corrected chi connectivity index (χ1v) is 7.13. The Kier molecular flexibility index (Phi) is 3.88. The molecule has 0 saturated carbocycles. The molecule has 8 heteroatoms. The summed E-state index contributed by atoms with van der Waals surface area (Å²) in [6.45, 7) is 0. The molecule has 0 saturated heterocycles. The van der Waals surface area contributed by atoms with E-state index in [2.05, 4.69) is 9.71 Å². The molecule has 1 N–H and O–H groups in total. The Morgan fingerprint density at radius 1 is 1.35 bits per heavy atom. The molecule has 1 aromatic heterocycles. The van der Waals surface area contributed by atoms with Crippen molar-refractivity contribution < 1.29 is 12.8 Å². The summed E-state index contributed by atoms with van der Waals surface area (Å²) >= 11 is 5.79. The minimum absolute atomic E-state index is 0.0918. The maximum absolute atomic E-state index is 13.4. The second kappa shape index (κ2) is 5.45. The van der Waals surface area contributed by atoms with Crippen LogP contribution in [-0.2, 0) is 10.0 Å². The fraction of sp³-hybridized carbons (Fsp3) is 0. The zero-order valence-electron chi connectivity index (χ0n) is 9.84. The number of rotatable bonds is 3. The normalized spacial score (nSPS) is 10.8. The maximum atomic E-state index is 13.4. The molecule has 102 valence electrons. The van der Waals surface area contributed by atoms with Crippen LogP contribution in [0.4, 0.5) is 10.1 Å². The van der Waals surface area contributed by atoms with Crippen LogP contribution >= 0.6 is 11.6 Å². The number of hydrogen-bond donors (Lipinski definition) is 1. The lowest BCUT2D eigenvalue weighted by atomic mass is 10.2. The summed E-state index contributed by atoms with van der Waals surface area (Å²) in [6.07, 6.45) is 1.17. The molecule has 0 aliphatic heterocycles. The van der Waals surface area contributed by atoms with Gasteiger partial charge in [-0.05, 0) is 30.3 Å². The lowest BCUT2D eigenvalue weighted by Crippen LogP contribution is -2.16. The van der Waals surface area contributed by atoms with Gasteiger partial charge in [0, 0.05) is 6.20 Å². The quantitative estimate of drug-likeness (QED) is 0.944. The second-order valence-corrected chi connectivity index (χ2v) is 5.71. The van der Waals surface area contributed by atoms with Crippen molar-refractivity contribution in [1.82, 2.24) is 4.98 Å². The highest BCUT2D eigenvalue weighted by Crippen LogP contribution is 2.22. The number of sulfonamides is 1. The predicted molar refractivity (Wildman–Crippen MR) is 71.2 cm³/mol. The van der Waals surface area contributed by atoms with E-state index in [1.165, 1.54) is 30.5 Å². The molecule has 1 heterocycles. The molecule has 0 unspecified atom stereocenters.